The molecule has 3 aromatic carbocycles. The molecule has 0 heterocycles. The molecule has 11 heteroatoms. The number of aryl methyl sites for hydroxylation is 1. The molecule has 0 aromatic heterocycles. The summed E-state index contributed by atoms with van der Waals surface area (Å²) in [7, 11) is -4.00. The highest BCUT2D eigenvalue weighted by Crippen LogP contribution is 2.35. The van der Waals surface area contributed by atoms with Gasteiger partial charge in [-0.25, -0.2) is 8.42 Å². The first-order valence-corrected chi connectivity index (χ1v) is 16.7. The zero-order valence-corrected chi connectivity index (χ0v) is 26.6. The van der Waals surface area contributed by atoms with Crippen molar-refractivity contribution in [3.05, 3.63) is 98.5 Å². The van der Waals surface area contributed by atoms with Crippen molar-refractivity contribution in [3.8, 4) is 0 Å². The quantitative estimate of drug-likeness (QED) is 0.243. The molecule has 2 amide bonds. The minimum Gasteiger partial charge on any atom is -0.352 e. The summed E-state index contributed by atoms with van der Waals surface area (Å²) in [6.45, 7) is 1.45. The molecule has 1 N–H and O–H groups in total. The van der Waals surface area contributed by atoms with E-state index in [-0.39, 0.29) is 45.7 Å². The van der Waals surface area contributed by atoms with E-state index in [4.69, 9.17) is 34.8 Å². The summed E-state index contributed by atoms with van der Waals surface area (Å²) in [6.07, 6.45) is 5.07. The molecule has 1 unspecified atom stereocenters. The number of carbonyl (C=O) groups is 2. The van der Waals surface area contributed by atoms with Crippen molar-refractivity contribution >= 4 is 62.3 Å². The summed E-state index contributed by atoms with van der Waals surface area (Å²) in [6, 6.07) is 18.9. The zero-order valence-electron chi connectivity index (χ0n) is 23.5. The Balaban J connectivity index is 1.75. The van der Waals surface area contributed by atoms with Crippen LogP contribution in [0.3, 0.4) is 0 Å². The fourth-order valence-electron chi connectivity index (χ4n) is 5.23. The van der Waals surface area contributed by atoms with Crippen molar-refractivity contribution < 1.29 is 18.0 Å². The predicted molar refractivity (Wildman–Crippen MR) is 170 cm³/mol. The maximum atomic E-state index is 14.2. The van der Waals surface area contributed by atoms with E-state index in [0.29, 0.717) is 0 Å². The molecule has 4 rings (SSSR count). The van der Waals surface area contributed by atoms with Crippen molar-refractivity contribution in [2.45, 2.75) is 57.7 Å². The average molecular weight is 651 g/mol. The highest BCUT2D eigenvalue weighted by atomic mass is 35.5. The van der Waals surface area contributed by atoms with Crippen molar-refractivity contribution in [3.63, 3.8) is 0 Å². The lowest BCUT2D eigenvalue weighted by Crippen LogP contribution is -2.54. The Morgan fingerprint density at radius 2 is 1.55 bits per heavy atom. The highest BCUT2D eigenvalue weighted by molar-refractivity contribution is 7.92. The standard InChI is InChI=1S/C31H34Cl3N3O4S/c1-21-9-8-12-23(15-21)19-36(29(16-22-10-4-3-5-11-22)31(39)35-24-13-6-7-14-24)30(38)20-37(42(2,40)41)28-18-26(33)25(32)17-27(28)34/h3-5,8-12,15,17-18,24,29H,6-7,13-14,16,19-20H2,1-2H3,(H,35,39). The van der Waals surface area contributed by atoms with E-state index >= 15 is 0 Å². The van der Waals surface area contributed by atoms with Gasteiger partial charge in [-0.2, -0.15) is 0 Å². The second-order valence-electron chi connectivity index (χ2n) is 10.7. The second kappa shape index (κ2) is 14.1. The van der Waals surface area contributed by atoms with E-state index in [9.17, 15) is 18.0 Å². The molecule has 7 nitrogen and oxygen atoms in total. The van der Waals surface area contributed by atoms with Gasteiger partial charge >= 0.3 is 0 Å². The third-order valence-corrected chi connectivity index (χ3v) is 9.50. The maximum Gasteiger partial charge on any atom is 0.244 e. The maximum absolute atomic E-state index is 14.2. The van der Waals surface area contributed by atoms with Gasteiger partial charge in [0, 0.05) is 19.0 Å². The summed E-state index contributed by atoms with van der Waals surface area (Å²) < 4.78 is 26.9. The van der Waals surface area contributed by atoms with Gasteiger partial charge in [0.15, 0.2) is 0 Å². The SMILES string of the molecule is Cc1cccc(CN(C(=O)CN(c2cc(Cl)c(Cl)cc2Cl)S(C)(=O)=O)C(Cc2ccccc2)C(=O)NC2CCCC2)c1. The van der Waals surface area contributed by atoms with Crippen LogP contribution in [0.2, 0.25) is 15.1 Å². The first-order chi connectivity index (χ1) is 19.9. The fraction of sp³-hybridized carbons (Fsp3) is 0.355. The predicted octanol–water partition coefficient (Wildman–Crippen LogP) is 6.42. The molecule has 224 valence electrons. The van der Waals surface area contributed by atoms with Crippen LogP contribution < -0.4 is 9.62 Å². The van der Waals surface area contributed by atoms with Crippen molar-refractivity contribution in [2.75, 3.05) is 17.1 Å². The molecule has 1 saturated carbocycles. The molecule has 0 bridgehead atoms. The third-order valence-electron chi connectivity index (χ3n) is 7.35. The number of amides is 2. The number of anilines is 1. The molecule has 0 saturated heterocycles. The van der Waals surface area contributed by atoms with Crippen LogP contribution in [0.15, 0.2) is 66.7 Å². The smallest absolute Gasteiger partial charge is 0.244 e. The van der Waals surface area contributed by atoms with E-state index in [1.165, 1.54) is 17.0 Å². The van der Waals surface area contributed by atoms with Crippen molar-refractivity contribution in [2.24, 2.45) is 0 Å². The topological polar surface area (TPSA) is 86.8 Å². The van der Waals surface area contributed by atoms with Crippen LogP contribution in [0.4, 0.5) is 5.69 Å². The Morgan fingerprint density at radius 3 is 2.19 bits per heavy atom. The molecule has 3 aromatic rings. The van der Waals surface area contributed by atoms with Gasteiger partial charge < -0.3 is 10.2 Å². The molecule has 0 aliphatic heterocycles. The van der Waals surface area contributed by atoms with E-state index in [0.717, 1.165) is 52.9 Å². The zero-order chi connectivity index (χ0) is 30.4. The van der Waals surface area contributed by atoms with E-state index < -0.39 is 28.5 Å². The Morgan fingerprint density at radius 1 is 0.905 bits per heavy atom. The summed E-state index contributed by atoms with van der Waals surface area (Å²) in [5.41, 5.74) is 2.70. The van der Waals surface area contributed by atoms with Gasteiger partial charge in [0.1, 0.15) is 12.6 Å². The van der Waals surface area contributed by atoms with Gasteiger partial charge in [0.05, 0.1) is 27.0 Å². The van der Waals surface area contributed by atoms with Crippen molar-refractivity contribution in [1.82, 2.24) is 10.2 Å². The Hall–Kier alpha value is -2.78. The Bertz CT molecular complexity index is 1530. The molecule has 1 aliphatic rings. The Kier molecular flexibility index (Phi) is 10.8. The molecule has 0 radical (unpaired) electrons. The van der Waals surface area contributed by atoms with Gasteiger partial charge in [-0.1, -0.05) is 108 Å². The van der Waals surface area contributed by atoms with Crippen LogP contribution in [0, 0.1) is 6.92 Å². The molecule has 42 heavy (non-hydrogen) atoms. The molecular weight excluding hydrogens is 617 g/mol. The van der Waals surface area contributed by atoms with E-state index in [1.54, 1.807) is 0 Å². The molecule has 1 atom stereocenters. The number of halogens is 3. The highest BCUT2D eigenvalue weighted by Gasteiger charge is 2.34. The first-order valence-electron chi connectivity index (χ1n) is 13.7. The molecule has 1 aliphatic carbocycles. The van der Waals surface area contributed by atoms with Crippen molar-refractivity contribution in [1.29, 1.82) is 0 Å². The average Bonchev–Trinajstić information content (AvgIpc) is 3.44. The number of hydrogen-bond donors (Lipinski definition) is 1. The number of hydrogen-bond acceptors (Lipinski definition) is 4. The minimum absolute atomic E-state index is 0.0208. The van der Waals surface area contributed by atoms with Gasteiger partial charge in [0.25, 0.3) is 0 Å². The number of nitrogens with one attached hydrogen (secondary N) is 1. The number of benzene rings is 3. The fourth-order valence-corrected chi connectivity index (χ4v) is 6.77. The van der Waals surface area contributed by atoms with Crippen LogP contribution >= 0.6 is 34.8 Å². The summed E-state index contributed by atoms with van der Waals surface area (Å²) in [5, 5.41) is 3.41. The van der Waals surface area contributed by atoms with Gasteiger partial charge in [0.2, 0.25) is 21.8 Å². The first kappa shape index (κ1) is 32.1. The van der Waals surface area contributed by atoms with Crippen LogP contribution in [0.1, 0.15) is 42.4 Å². The minimum atomic E-state index is -4.00. The lowest BCUT2D eigenvalue weighted by atomic mass is 10.0. The second-order valence-corrected chi connectivity index (χ2v) is 13.8. The largest absolute Gasteiger partial charge is 0.352 e. The van der Waals surface area contributed by atoms with Crippen LogP contribution in [-0.4, -0.2) is 50.0 Å². The summed E-state index contributed by atoms with van der Waals surface area (Å²) in [4.78, 5) is 29.6. The van der Waals surface area contributed by atoms with Gasteiger partial charge in [-0.3, -0.25) is 13.9 Å². The van der Waals surface area contributed by atoms with Gasteiger partial charge in [-0.15, -0.1) is 0 Å². The molecule has 0 spiro atoms. The monoisotopic (exact) mass is 649 g/mol. The summed E-state index contributed by atoms with van der Waals surface area (Å²) in [5.74, 6) is -0.836. The van der Waals surface area contributed by atoms with Gasteiger partial charge in [-0.05, 0) is 43.0 Å². The van der Waals surface area contributed by atoms with E-state index in [1.807, 2.05) is 61.5 Å². The van der Waals surface area contributed by atoms with Crippen LogP contribution in [0.25, 0.3) is 0 Å². The van der Waals surface area contributed by atoms with E-state index in [2.05, 4.69) is 5.32 Å². The van der Waals surface area contributed by atoms with Crippen LogP contribution in [0.5, 0.6) is 0 Å². The Labute approximate surface area is 262 Å². The number of sulfonamides is 1. The lowest BCUT2D eigenvalue weighted by molar-refractivity contribution is -0.140. The third kappa shape index (κ3) is 8.40. The molecule has 1 fully saturated rings. The summed E-state index contributed by atoms with van der Waals surface area (Å²) >= 11 is 18.7. The molecular formula is C31H34Cl3N3O4S. The number of carbonyl (C=O) groups excluding carboxylic acids is 2. The number of nitrogens with zero attached hydrogens (tertiary/aromatic N) is 2. The lowest BCUT2D eigenvalue weighted by Gasteiger charge is -2.34. The van der Waals surface area contributed by atoms with Crippen LogP contribution in [-0.2, 0) is 32.6 Å². The normalized spacial score (nSPS) is 14.4. The number of rotatable bonds is 11.